The van der Waals surface area contributed by atoms with Gasteiger partial charge in [-0.2, -0.15) is 5.10 Å². The molecule has 5 aromatic rings. The Labute approximate surface area is 156 Å². The molecule has 0 amide bonds. The summed E-state index contributed by atoms with van der Waals surface area (Å²) in [7, 11) is 0. The number of furan rings is 1. The van der Waals surface area contributed by atoms with E-state index in [1.54, 1.807) is 24.3 Å². The van der Waals surface area contributed by atoms with Crippen molar-refractivity contribution in [3.63, 3.8) is 0 Å². The Morgan fingerprint density at radius 3 is 2.68 bits per heavy atom. The Morgan fingerprint density at radius 1 is 1.07 bits per heavy atom. The second-order valence-electron chi connectivity index (χ2n) is 6.23. The molecule has 3 heterocycles. The van der Waals surface area contributed by atoms with Crippen molar-refractivity contribution in [2.45, 2.75) is 0 Å². The summed E-state index contributed by atoms with van der Waals surface area (Å²) in [4.78, 5) is 31.3. The van der Waals surface area contributed by atoms with Crippen molar-refractivity contribution < 1.29 is 14.3 Å². The van der Waals surface area contributed by atoms with Gasteiger partial charge in [-0.25, -0.2) is 9.78 Å². The monoisotopic (exact) mass is 372 g/mol. The minimum Gasteiger partial charge on any atom is -0.477 e. The number of carboxylic acid groups (broad SMARTS) is 1. The number of fused-ring (bicyclic) bond motifs is 3. The third-order valence-corrected chi connectivity index (χ3v) is 4.59. The normalized spacial score (nSPS) is 11.3. The van der Waals surface area contributed by atoms with Crippen LogP contribution in [-0.4, -0.2) is 31.2 Å². The highest BCUT2D eigenvalue weighted by atomic mass is 16.4. The molecule has 0 radical (unpaired) electrons. The van der Waals surface area contributed by atoms with Crippen molar-refractivity contribution in [2.75, 3.05) is 0 Å². The van der Waals surface area contributed by atoms with Crippen LogP contribution in [0.15, 0.2) is 64.1 Å². The number of nitrogens with one attached hydrogen (secondary N) is 2. The second kappa shape index (κ2) is 5.92. The fourth-order valence-electron chi connectivity index (χ4n) is 3.39. The van der Waals surface area contributed by atoms with E-state index in [2.05, 4.69) is 20.2 Å². The van der Waals surface area contributed by atoms with Crippen LogP contribution in [0.2, 0.25) is 0 Å². The smallest absolute Gasteiger partial charge is 0.342 e. The summed E-state index contributed by atoms with van der Waals surface area (Å²) in [5.74, 6) is -0.798. The molecule has 28 heavy (non-hydrogen) atoms. The van der Waals surface area contributed by atoms with Gasteiger partial charge in [-0.05, 0) is 23.8 Å². The van der Waals surface area contributed by atoms with Gasteiger partial charge in [0.2, 0.25) is 0 Å². The molecule has 0 saturated heterocycles. The van der Waals surface area contributed by atoms with Gasteiger partial charge in [0, 0.05) is 16.5 Å². The zero-order valence-electron chi connectivity index (χ0n) is 14.3. The van der Waals surface area contributed by atoms with Crippen LogP contribution in [-0.2, 0) is 0 Å². The van der Waals surface area contributed by atoms with Gasteiger partial charge >= 0.3 is 5.97 Å². The number of hydrogen-bond donors (Lipinski definition) is 3. The molecule has 0 bridgehead atoms. The number of benzene rings is 2. The summed E-state index contributed by atoms with van der Waals surface area (Å²) in [6.07, 6.45) is 1.38. The number of aromatic nitrogens is 4. The quantitative estimate of drug-likeness (QED) is 0.446. The Morgan fingerprint density at radius 2 is 1.89 bits per heavy atom. The number of pyridine rings is 1. The van der Waals surface area contributed by atoms with Crippen molar-refractivity contribution in [1.29, 1.82) is 0 Å². The number of para-hydroxylation sites is 1. The van der Waals surface area contributed by atoms with E-state index in [1.165, 1.54) is 6.33 Å². The van der Waals surface area contributed by atoms with E-state index in [9.17, 15) is 14.7 Å². The number of hydrogen-bond acceptors (Lipinski definition) is 5. The van der Waals surface area contributed by atoms with Gasteiger partial charge in [-0.1, -0.05) is 30.3 Å². The summed E-state index contributed by atoms with van der Waals surface area (Å²) in [6, 6.07) is 14.3. The lowest BCUT2D eigenvalue weighted by Gasteiger charge is -2.08. The molecule has 2 aromatic carbocycles. The molecular weight excluding hydrogens is 360 g/mol. The molecule has 3 aromatic heterocycles. The average Bonchev–Trinajstić information content (AvgIpc) is 3.35. The molecule has 0 saturated carbocycles. The third-order valence-electron chi connectivity index (χ3n) is 4.59. The minimum atomic E-state index is -1.33. The summed E-state index contributed by atoms with van der Waals surface area (Å²) in [5.41, 5.74) is 1.73. The SMILES string of the molecule is O=C(O)c1c(-c2cccc(-c3ncn[nH]3)c2)c2oc3ccccc3c2[nH]c1=O. The first-order valence-electron chi connectivity index (χ1n) is 8.40. The van der Waals surface area contributed by atoms with E-state index >= 15 is 0 Å². The van der Waals surface area contributed by atoms with Crippen LogP contribution < -0.4 is 5.56 Å². The predicted octanol–water partition coefficient (Wildman–Crippen LogP) is 3.42. The molecule has 0 aliphatic carbocycles. The van der Waals surface area contributed by atoms with Gasteiger partial charge in [-0.3, -0.25) is 9.89 Å². The number of aromatic carboxylic acids is 1. The molecule has 0 spiro atoms. The van der Waals surface area contributed by atoms with Crippen LogP contribution in [0.4, 0.5) is 0 Å². The van der Waals surface area contributed by atoms with E-state index in [-0.39, 0.29) is 11.1 Å². The average molecular weight is 372 g/mol. The van der Waals surface area contributed by atoms with E-state index in [0.29, 0.717) is 39.0 Å². The highest BCUT2D eigenvalue weighted by Gasteiger charge is 2.24. The van der Waals surface area contributed by atoms with Crippen molar-refractivity contribution in [3.8, 4) is 22.5 Å². The summed E-state index contributed by atoms with van der Waals surface area (Å²) >= 11 is 0. The number of rotatable bonds is 3. The number of carboxylic acids is 1. The van der Waals surface area contributed by atoms with Crippen LogP contribution in [0.1, 0.15) is 10.4 Å². The molecule has 0 fully saturated rings. The summed E-state index contributed by atoms with van der Waals surface area (Å²) in [5, 5.41) is 17.0. The zero-order valence-corrected chi connectivity index (χ0v) is 14.3. The van der Waals surface area contributed by atoms with Crippen molar-refractivity contribution in [2.24, 2.45) is 0 Å². The molecule has 136 valence electrons. The highest BCUT2D eigenvalue weighted by Crippen LogP contribution is 2.36. The molecule has 3 N–H and O–H groups in total. The summed E-state index contributed by atoms with van der Waals surface area (Å²) in [6.45, 7) is 0. The number of nitrogens with zero attached hydrogens (tertiary/aromatic N) is 2. The largest absolute Gasteiger partial charge is 0.477 e. The van der Waals surface area contributed by atoms with Gasteiger partial charge in [0.15, 0.2) is 11.4 Å². The molecule has 0 atom stereocenters. The Bertz CT molecular complexity index is 1410. The second-order valence-corrected chi connectivity index (χ2v) is 6.23. The van der Waals surface area contributed by atoms with E-state index in [1.807, 2.05) is 24.3 Å². The lowest BCUT2D eigenvalue weighted by Crippen LogP contribution is -2.19. The van der Waals surface area contributed by atoms with Gasteiger partial charge in [0.05, 0.1) is 5.52 Å². The molecular formula is C20H12N4O4. The third kappa shape index (κ3) is 2.32. The molecule has 8 nitrogen and oxygen atoms in total. The van der Waals surface area contributed by atoms with Crippen molar-refractivity contribution in [3.05, 3.63) is 70.8 Å². The number of carbonyl (C=O) groups is 1. The first-order chi connectivity index (χ1) is 13.6. The maximum absolute atomic E-state index is 12.6. The number of H-pyrrole nitrogens is 2. The van der Waals surface area contributed by atoms with Gasteiger partial charge in [0.25, 0.3) is 5.56 Å². The Balaban J connectivity index is 1.90. The van der Waals surface area contributed by atoms with Crippen LogP contribution in [0.5, 0.6) is 0 Å². The Kier molecular flexibility index (Phi) is 3.38. The molecule has 5 rings (SSSR count). The first kappa shape index (κ1) is 16.0. The number of aromatic amines is 2. The zero-order chi connectivity index (χ0) is 19.3. The minimum absolute atomic E-state index is 0.226. The van der Waals surface area contributed by atoms with E-state index in [0.717, 1.165) is 0 Å². The Hall–Kier alpha value is -4.20. The molecule has 0 unspecified atom stereocenters. The first-order valence-corrected chi connectivity index (χ1v) is 8.40. The maximum atomic E-state index is 12.6. The summed E-state index contributed by atoms with van der Waals surface area (Å²) < 4.78 is 5.95. The molecule has 0 aliphatic rings. The van der Waals surface area contributed by atoms with Crippen LogP contribution >= 0.6 is 0 Å². The van der Waals surface area contributed by atoms with Gasteiger partial charge < -0.3 is 14.5 Å². The fourth-order valence-corrected chi connectivity index (χ4v) is 3.39. The topological polar surface area (TPSA) is 125 Å². The van der Waals surface area contributed by atoms with Gasteiger partial charge in [-0.15, -0.1) is 0 Å². The van der Waals surface area contributed by atoms with Gasteiger partial charge in [0.1, 0.15) is 17.5 Å². The highest BCUT2D eigenvalue weighted by molar-refractivity contribution is 6.11. The van der Waals surface area contributed by atoms with Crippen LogP contribution in [0.25, 0.3) is 44.6 Å². The lowest BCUT2D eigenvalue weighted by atomic mass is 9.98. The maximum Gasteiger partial charge on any atom is 0.342 e. The molecule has 8 heteroatoms. The van der Waals surface area contributed by atoms with Crippen molar-refractivity contribution >= 4 is 28.0 Å². The van der Waals surface area contributed by atoms with E-state index in [4.69, 9.17) is 4.42 Å². The van der Waals surface area contributed by atoms with Crippen LogP contribution in [0.3, 0.4) is 0 Å². The standard InChI is InChI=1S/C20H12N4O4/c25-19-15(20(26)27)14(10-4-3-5-11(8-10)18-21-9-22-24-18)17-16(23-19)12-6-1-2-7-13(12)28-17/h1-9H,(H,23,25)(H,26,27)(H,21,22,24). The van der Waals surface area contributed by atoms with E-state index < -0.39 is 11.5 Å². The van der Waals surface area contributed by atoms with Crippen LogP contribution in [0, 0.1) is 0 Å². The molecule has 0 aliphatic heterocycles. The fraction of sp³-hybridized carbons (Fsp3) is 0. The lowest BCUT2D eigenvalue weighted by molar-refractivity contribution is 0.0696. The predicted molar refractivity (Wildman–Crippen MR) is 102 cm³/mol. The van der Waals surface area contributed by atoms with Crippen molar-refractivity contribution in [1.82, 2.24) is 20.2 Å².